The molecular weight excluding hydrogens is 148 g/mol. The number of hydrogen-bond acceptors (Lipinski definition) is 4. The molecule has 0 radical (unpaired) electrons. The Morgan fingerprint density at radius 3 is 3.09 bits per heavy atom. The Morgan fingerprint density at radius 2 is 2.64 bits per heavy atom. The summed E-state index contributed by atoms with van der Waals surface area (Å²) in [4.78, 5) is 15.7. The molecule has 5 nitrogen and oxygen atoms in total. The maximum Gasteiger partial charge on any atom is 0.236 e. The molecule has 1 aliphatic rings. The van der Waals surface area contributed by atoms with E-state index in [0.717, 1.165) is 0 Å². The molecular formula is C6H12N2O3. The summed E-state index contributed by atoms with van der Waals surface area (Å²) in [5.41, 5.74) is 0. The average molecular weight is 160 g/mol. The normalized spacial score (nSPS) is 25.5. The van der Waals surface area contributed by atoms with E-state index in [1.165, 1.54) is 5.06 Å². The number of amides is 1. The Balaban J connectivity index is 2.23. The third kappa shape index (κ3) is 2.45. The SMILES string of the molecule is CNC(=O)CN1CC(O)CO1. The van der Waals surface area contributed by atoms with Gasteiger partial charge >= 0.3 is 0 Å². The third-order valence-electron chi connectivity index (χ3n) is 1.46. The van der Waals surface area contributed by atoms with Gasteiger partial charge in [-0.25, -0.2) is 0 Å². The van der Waals surface area contributed by atoms with E-state index in [2.05, 4.69) is 5.32 Å². The van der Waals surface area contributed by atoms with E-state index in [4.69, 9.17) is 9.94 Å². The van der Waals surface area contributed by atoms with Gasteiger partial charge in [-0.2, -0.15) is 5.06 Å². The van der Waals surface area contributed by atoms with Crippen LogP contribution in [-0.4, -0.2) is 48.9 Å². The molecule has 1 atom stereocenters. The summed E-state index contributed by atoms with van der Waals surface area (Å²) in [6.45, 7) is 0.887. The lowest BCUT2D eigenvalue weighted by Gasteiger charge is -2.11. The number of hydroxylamine groups is 2. The van der Waals surface area contributed by atoms with Crippen molar-refractivity contribution >= 4 is 5.91 Å². The van der Waals surface area contributed by atoms with Crippen LogP contribution in [0, 0.1) is 0 Å². The van der Waals surface area contributed by atoms with Crippen molar-refractivity contribution in [3.63, 3.8) is 0 Å². The van der Waals surface area contributed by atoms with Crippen LogP contribution in [0.5, 0.6) is 0 Å². The van der Waals surface area contributed by atoms with Gasteiger partial charge in [-0.05, 0) is 0 Å². The van der Waals surface area contributed by atoms with Gasteiger partial charge in [0.25, 0.3) is 0 Å². The van der Waals surface area contributed by atoms with Crippen molar-refractivity contribution in [2.24, 2.45) is 0 Å². The number of rotatable bonds is 2. The Bertz CT molecular complexity index is 151. The minimum absolute atomic E-state index is 0.112. The van der Waals surface area contributed by atoms with E-state index in [-0.39, 0.29) is 19.1 Å². The van der Waals surface area contributed by atoms with Gasteiger partial charge in [-0.15, -0.1) is 0 Å². The van der Waals surface area contributed by atoms with E-state index in [1.807, 2.05) is 0 Å². The predicted octanol–water partition coefficient (Wildman–Crippen LogP) is -1.66. The lowest BCUT2D eigenvalue weighted by Crippen LogP contribution is -2.33. The fourth-order valence-corrected chi connectivity index (χ4v) is 0.881. The Hall–Kier alpha value is -0.650. The van der Waals surface area contributed by atoms with Gasteiger partial charge in [0.05, 0.1) is 19.3 Å². The number of aliphatic hydroxyl groups is 1. The first kappa shape index (κ1) is 8.45. The zero-order chi connectivity index (χ0) is 8.27. The maximum absolute atomic E-state index is 10.8. The van der Waals surface area contributed by atoms with Crippen molar-refractivity contribution in [2.75, 3.05) is 26.7 Å². The highest BCUT2D eigenvalue weighted by molar-refractivity contribution is 5.77. The Labute approximate surface area is 64.9 Å². The number of likely N-dealkylation sites (N-methyl/N-ethyl adjacent to an activating group) is 1. The smallest absolute Gasteiger partial charge is 0.236 e. The van der Waals surface area contributed by atoms with E-state index < -0.39 is 6.10 Å². The second kappa shape index (κ2) is 3.66. The van der Waals surface area contributed by atoms with E-state index >= 15 is 0 Å². The number of nitrogens with one attached hydrogen (secondary N) is 1. The van der Waals surface area contributed by atoms with Crippen LogP contribution < -0.4 is 5.32 Å². The zero-order valence-corrected chi connectivity index (χ0v) is 6.41. The van der Waals surface area contributed by atoms with Gasteiger partial charge in [0, 0.05) is 7.05 Å². The summed E-state index contributed by atoms with van der Waals surface area (Å²) in [6.07, 6.45) is -0.459. The fraction of sp³-hybridized carbons (Fsp3) is 0.833. The molecule has 0 spiro atoms. The lowest BCUT2D eigenvalue weighted by atomic mass is 10.4. The molecule has 1 saturated heterocycles. The number of β-amino-alcohol motifs (C(OH)–C–C–N with tert-alkyl or cyclic N) is 1. The molecule has 0 saturated carbocycles. The number of carbonyl (C=O) groups is 1. The van der Waals surface area contributed by atoms with Gasteiger partial charge in [-0.3, -0.25) is 9.63 Å². The molecule has 2 N–H and O–H groups in total. The summed E-state index contributed by atoms with van der Waals surface area (Å²) in [5, 5.41) is 12.9. The van der Waals surface area contributed by atoms with Crippen molar-refractivity contribution in [3.05, 3.63) is 0 Å². The summed E-state index contributed by atoms with van der Waals surface area (Å²) in [5.74, 6) is -0.112. The molecule has 5 heteroatoms. The molecule has 1 fully saturated rings. The van der Waals surface area contributed by atoms with Gasteiger partial charge in [-0.1, -0.05) is 0 Å². The first-order valence-electron chi connectivity index (χ1n) is 3.49. The molecule has 11 heavy (non-hydrogen) atoms. The highest BCUT2D eigenvalue weighted by Gasteiger charge is 2.22. The summed E-state index contributed by atoms with van der Waals surface area (Å²) in [6, 6.07) is 0. The van der Waals surface area contributed by atoms with Crippen molar-refractivity contribution < 1.29 is 14.7 Å². The molecule has 1 unspecified atom stereocenters. The molecule has 64 valence electrons. The standard InChI is InChI=1S/C6H12N2O3/c1-7-6(10)3-8-2-5(9)4-11-8/h5,9H,2-4H2,1H3,(H,7,10). The van der Waals surface area contributed by atoms with Crippen LogP contribution in [0.15, 0.2) is 0 Å². The van der Waals surface area contributed by atoms with Crippen LogP contribution in [0.3, 0.4) is 0 Å². The highest BCUT2D eigenvalue weighted by Crippen LogP contribution is 2.03. The molecule has 1 heterocycles. The summed E-state index contributed by atoms with van der Waals surface area (Å²) < 4.78 is 0. The first-order valence-corrected chi connectivity index (χ1v) is 3.49. The predicted molar refractivity (Wildman–Crippen MR) is 37.6 cm³/mol. The monoisotopic (exact) mass is 160 g/mol. The van der Waals surface area contributed by atoms with Crippen molar-refractivity contribution in [1.29, 1.82) is 0 Å². The molecule has 1 amide bonds. The maximum atomic E-state index is 10.8. The lowest BCUT2D eigenvalue weighted by molar-refractivity contribution is -0.141. The minimum atomic E-state index is -0.459. The van der Waals surface area contributed by atoms with Crippen molar-refractivity contribution in [1.82, 2.24) is 10.4 Å². The molecule has 1 rings (SSSR count). The second-order valence-corrected chi connectivity index (χ2v) is 2.45. The van der Waals surface area contributed by atoms with Crippen LogP contribution in [0.4, 0.5) is 0 Å². The van der Waals surface area contributed by atoms with Gasteiger partial charge in [0.15, 0.2) is 0 Å². The largest absolute Gasteiger partial charge is 0.389 e. The highest BCUT2D eigenvalue weighted by atomic mass is 16.7. The van der Waals surface area contributed by atoms with E-state index in [9.17, 15) is 4.79 Å². The minimum Gasteiger partial charge on any atom is -0.389 e. The van der Waals surface area contributed by atoms with Crippen molar-refractivity contribution in [2.45, 2.75) is 6.10 Å². The second-order valence-electron chi connectivity index (χ2n) is 2.45. The number of aliphatic hydroxyl groups excluding tert-OH is 1. The molecule has 0 aliphatic carbocycles. The van der Waals surface area contributed by atoms with E-state index in [1.54, 1.807) is 7.05 Å². The first-order chi connectivity index (χ1) is 5.22. The molecule has 0 bridgehead atoms. The Morgan fingerprint density at radius 1 is 1.91 bits per heavy atom. The quantitative estimate of drug-likeness (QED) is 0.507. The van der Waals surface area contributed by atoms with Crippen LogP contribution in [-0.2, 0) is 9.63 Å². The van der Waals surface area contributed by atoms with Crippen LogP contribution in [0.1, 0.15) is 0 Å². The third-order valence-corrected chi connectivity index (χ3v) is 1.46. The molecule has 1 aliphatic heterocycles. The van der Waals surface area contributed by atoms with Crippen LogP contribution in [0.2, 0.25) is 0 Å². The molecule has 0 aromatic rings. The number of carbonyl (C=O) groups excluding carboxylic acids is 1. The van der Waals surface area contributed by atoms with Crippen LogP contribution in [0.25, 0.3) is 0 Å². The number of hydrogen-bond donors (Lipinski definition) is 2. The summed E-state index contributed by atoms with van der Waals surface area (Å²) in [7, 11) is 1.56. The zero-order valence-electron chi connectivity index (χ0n) is 6.41. The van der Waals surface area contributed by atoms with Crippen LogP contribution >= 0.6 is 0 Å². The van der Waals surface area contributed by atoms with E-state index in [0.29, 0.717) is 6.54 Å². The molecule has 0 aromatic carbocycles. The molecule has 0 aromatic heterocycles. The average Bonchev–Trinajstić information content (AvgIpc) is 2.35. The van der Waals surface area contributed by atoms with Crippen molar-refractivity contribution in [3.8, 4) is 0 Å². The fourth-order valence-electron chi connectivity index (χ4n) is 0.881. The topological polar surface area (TPSA) is 61.8 Å². The number of nitrogens with zero attached hydrogens (tertiary/aromatic N) is 1. The Kier molecular flexibility index (Phi) is 2.81. The van der Waals surface area contributed by atoms with Gasteiger partial charge < -0.3 is 10.4 Å². The van der Waals surface area contributed by atoms with Gasteiger partial charge in [0.2, 0.25) is 5.91 Å². The van der Waals surface area contributed by atoms with Gasteiger partial charge in [0.1, 0.15) is 6.54 Å². The summed E-state index contributed by atoms with van der Waals surface area (Å²) >= 11 is 0.